The molecule has 2 aromatic rings. The number of carbonyl (C=O) groups is 4. The quantitative estimate of drug-likeness (QED) is 0.428. The molecule has 0 aromatic heterocycles. The van der Waals surface area contributed by atoms with Gasteiger partial charge < -0.3 is 14.5 Å². The number of nitrogens with zero attached hydrogens (tertiary/aromatic N) is 4. The number of likely N-dealkylation sites (tertiary alicyclic amines) is 1. The average Bonchev–Trinajstić information content (AvgIpc) is 3.46. The van der Waals surface area contributed by atoms with E-state index in [-0.39, 0.29) is 19.2 Å². The maximum Gasteiger partial charge on any atom is 0.418 e. The van der Waals surface area contributed by atoms with Gasteiger partial charge in [-0.25, -0.2) is 18.9 Å². The molecule has 9 nitrogen and oxygen atoms in total. The molecule has 2 heterocycles. The first kappa shape index (κ1) is 32.5. The molecular formula is C28H27F7N4O5. The molecule has 2 saturated heterocycles. The number of cyclic esters (lactones) is 1. The fourth-order valence-corrected chi connectivity index (χ4v) is 5.14. The molecule has 0 bridgehead atoms. The minimum atomic E-state index is -5.13. The SMILES string of the molecule is CN(C(=O)N(C)C1CN(C(=O)CN2C(=O)OC(C)(C)C2=O)CC1c1ccc(F)cc1)c1cc(C(F)(F)F)cc(C(F)(F)F)c1. The first-order valence-corrected chi connectivity index (χ1v) is 13.1. The highest BCUT2D eigenvalue weighted by Gasteiger charge is 2.49. The number of likely N-dealkylation sites (N-methyl/N-ethyl adjacent to an activating group) is 1. The summed E-state index contributed by atoms with van der Waals surface area (Å²) in [6.45, 7) is 1.78. The van der Waals surface area contributed by atoms with Gasteiger partial charge in [0.1, 0.15) is 12.4 Å². The van der Waals surface area contributed by atoms with Gasteiger partial charge in [0.15, 0.2) is 5.60 Å². The molecule has 2 unspecified atom stereocenters. The number of benzene rings is 2. The molecule has 0 aliphatic carbocycles. The van der Waals surface area contributed by atoms with Gasteiger partial charge in [0.2, 0.25) is 5.91 Å². The van der Waals surface area contributed by atoms with E-state index in [0.717, 1.165) is 24.1 Å². The minimum absolute atomic E-state index is 0.0570. The highest BCUT2D eigenvalue weighted by atomic mass is 19.4. The van der Waals surface area contributed by atoms with Crippen molar-refractivity contribution in [3.05, 3.63) is 65.0 Å². The summed E-state index contributed by atoms with van der Waals surface area (Å²) in [5.41, 5.74) is -4.89. The van der Waals surface area contributed by atoms with E-state index in [0.29, 0.717) is 27.5 Å². The second-order valence-electron chi connectivity index (χ2n) is 11.0. The number of imide groups is 1. The van der Waals surface area contributed by atoms with Crippen molar-refractivity contribution in [2.45, 2.75) is 43.8 Å². The predicted molar refractivity (Wildman–Crippen MR) is 140 cm³/mol. The van der Waals surface area contributed by atoms with E-state index in [1.807, 2.05) is 0 Å². The van der Waals surface area contributed by atoms with Crippen molar-refractivity contribution in [2.24, 2.45) is 0 Å². The van der Waals surface area contributed by atoms with Crippen LogP contribution in [0.25, 0.3) is 0 Å². The summed E-state index contributed by atoms with van der Waals surface area (Å²) in [5, 5.41) is 0. The van der Waals surface area contributed by atoms with E-state index in [1.54, 1.807) is 0 Å². The number of hydrogen-bond donors (Lipinski definition) is 0. The second kappa shape index (κ2) is 11.3. The van der Waals surface area contributed by atoms with Gasteiger partial charge in [-0.1, -0.05) is 12.1 Å². The zero-order valence-corrected chi connectivity index (χ0v) is 23.8. The highest BCUT2D eigenvalue weighted by molar-refractivity contribution is 6.04. The number of alkyl halides is 6. The fourth-order valence-electron chi connectivity index (χ4n) is 5.14. The Labute approximate surface area is 246 Å². The van der Waals surface area contributed by atoms with Gasteiger partial charge in [-0.3, -0.25) is 14.5 Å². The fraction of sp³-hybridized carbons (Fsp3) is 0.429. The molecule has 2 atom stereocenters. The van der Waals surface area contributed by atoms with Crippen molar-refractivity contribution in [3.63, 3.8) is 0 Å². The van der Waals surface area contributed by atoms with Crippen molar-refractivity contribution >= 4 is 29.6 Å². The number of hydrogen-bond acceptors (Lipinski definition) is 5. The van der Waals surface area contributed by atoms with Crippen LogP contribution in [0, 0.1) is 5.82 Å². The molecule has 0 radical (unpaired) electrons. The van der Waals surface area contributed by atoms with Crippen LogP contribution < -0.4 is 4.90 Å². The van der Waals surface area contributed by atoms with Crippen LogP contribution >= 0.6 is 0 Å². The molecule has 2 aliphatic rings. The normalized spacial score (nSPS) is 20.2. The zero-order valence-electron chi connectivity index (χ0n) is 23.8. The number of carbonyl (C=O) groups excluding carboxylic acids is 4. The van der Waals surface area contributed by atoms with Crippen LogP contribution in [0.2, 0.25) is 0 Å². The number of halogens is 7. The number of urea groups is 1. The maximum atomic E-state index is 13.7. The van der Waals surface area contributed by atoms with E-state index in [1.165, 1.54) is 37.9 Å². The number of rotatable bonds is 5. The second-order valence-corrected chi connectivity index (χ2v) is 11.0. The number of ether oxygens (including phenoxy) is 1. The lowest BCUT2D eigenvalue weighted by Crippen LogP contribution is -2.48. The Bertz CT molecular complexity index is 1440. The summed E-state index contributed by atoms with van der Waals surface area (Å²) in [5.74, 6) is -2.69. The molecule has 0 saturated carbocycles. The third kappa shape index (κ3) is 6.43. The molecule has 2 fully saturated rings. The van der Waals surface area contributed by atoms with Gasteiger partial charge in [-0.15, -0.1) is 0 Å². The van der Waals surface area contributed by atoms with Crippen LogP contribution in [0.15, 0.2) is 42.5 Å². The van der Waals surface area contributed by atoms with E-state index in [4.69, 9.17) is 4.74 Å². The Hall–Kier alpha value is -4.37. The Morgan fingerprint density at radius 3 is 1.95 bits per heavy atom. The van der Waals surface area contributed by atoms with Crippen LogP contribution in [-0.2, 0) is 26.7 Å². The lowest BCUT2D eigenvalue weighted by molar-refractivity contribution is -0.143. The highest BCUT2D eigenvalue weighted by Crippen LogP contribution is 2.39. The van der Waals surface area contributed by atoms with Crippen molar-refractivity contribution in [2.75, 3.05) is 38.6 Å². The third-order valence-electron chi connectivity index (χ3n) is 7.60. The minimum Gasteiger partial charge on any atom is -0.433 e. The molecule has 0 spiro atoms. The summed E-state index contributed by atoms with van der Waals surface area (Å²) in [4.78, 5) is 55.0. The number of anilines is 1. The van der Waals surface area contributed by atoms with E-state index >= 15 is 0 Å². The topological polar surface area (TPSA) is 90.5 Å². The van der Waals surface area contributed by atoms with Gasteiger partial charge in [0, 0.05) is 38.8 Å². The van der Waals surface area contributed by atoms with Crippen molar-refractivity contribution in [1.29, 1.82) is 0 Å². The van der Waals surface area contributed by atoms with Gasteiger partial charge >= 0.3 is 24.5 Å². The Balaban J connectivity index is 1.63. The molecule has 0 N–H and O–H groups in total. The average molecular weight is 633 g/mol. The van der Waals surface area contributed by atoms with Gasteiger partial charge in [-0.2, -0.15) is 26.3 Å². The lowest BCUT2D eigenvalue weighted by atomic mass is 9.93. The van der Waals surface area contributed by atoms with Crippen molar-refractivity contribution in [3.8, 4) is 0 Å². The van der Waals surface area contributed by atoms with E-state index in [9.17, 15) is 49.9 Å². The zero-order chi connectivity index (χ0) is 32.9. The molecule has 2 aromatic carbocycles. The molecular weight excluding hydrogens is 605 g/mol. The molecule has 44 heavy (non-hydrogen) atoms. The summed E-state index contributed by atoms with van der Waals surface area (Å²) < 4.78 is 99.2. The van der Waals surface area contributed by atoms with Crippen molar-refractivity contribution < 1.29 is 54.6 Å². The largest absolute Gasteiger partial charge is 0.433 e. The van der Waals surface area contributed by atoms with Gasteiger partial charge in [-0.05, 0) is 49.7 Å². The standard InChI is InChI=1S/C28H27F7N4O5/c1-26(2)23(41)39(25(43)44-26)14-22(40)38-12-20(15-5-7-18(29)8-6-15)21(13-38)37(4)24(42)36(3)19-10-16(27(30,31)32)9-17(11-19)28(33,34)35/h5-11,20-21H,12-14H2,1-4H3. The Morgan fingerprint density at radius 1 is 0.932 bits per heavy atom. The van der Waals surface area contributed by atoms with Crippen LogP contribution in [0.1, 0.15) is 36.5 Å². The third-order valence-corrected chi connectivity index (χ3v) is 7.60. The van der Waals surface area contributed by atoms with Crippen LogP contribution in [0.4, 0.5) is 46.0 Å². The Morgan fingerprint density at radius 2 is 1.48 bits per heavy atom. The van der Waals surface area contributed by atoms with E-state index < -0.39 is 83.0 Å². The summed E-state index contributed by atoms with van der Waals surface area (Å²) in [7, 11) is 2.27. The summed E-state index contributed by atoms with van der Waals surface area (Å²) in [6.07, 6.45) is -11.3. The maximum absolute atomic E-state index is 13.7. The van der Waals surface area contributed by atoms with Gasteiger partial charge in [0.25, 0.3) is 5.91 Å². The monoisotopic (exact) mass is 632 g/mol. The predicted octanol–water partition coefficient (Wildman–Crippen LogP) is 5.10. The molecule has 4 rings (SSSR count). The summed E-state index contributed by atoms with van der Waals surface area (Å²) in [6, 6.07) is 3.99. The Kier molecular flexibility index (Phi) is 8.34. The smallest absolute Gasteiger partial charge is 0.418 e. The lowest BCUT2D eigenvalue weighted by Gasteiger charge is -2.33. The van der Waals surface area contributed by atoms with Crippen LogP contribution in [-0.4, -0.2) is 84.0 Å². The van der Waals surface area contributed by atoms with Crippen LogP contribution in [0.5, 0.6) is 0 Å². The van der Waals surface area contributed by atoms with Gasteiger partial charge in [0.05, 0.1) is 17.2 Å². The molecule has 2 aliphatic heterocycles. The summed E-state index contributed by atoms with van der Waals surface area (Å²) >= 11 is 0. The first-order valence-electron chi connectivity index (χ1n) is 13.1. The van der Waals surface area contributed by atoms with Crippen LogP contribution in [0.3, 0.4) is 0 Å². The first-order chi connectivity index (χ1) is 20.2. The number of amides is 5. The molecule has 16 heteroatoms. The van der Waals surface area contributed by atoms with Crippen molar-refractivity contribution in [1.82, 2.24) is 14.7 Å². The molecule has 5 amide bonds. The molecule has 238 valence electrons. The van der Waals surface area contributed by atoms with E-state index in [2.05, 4.69) is 0 Å².